The van der Waals surface area contributed by atoms with E-state index in [1.807, 2.05) is 13.8 Å². The highest BCUT2D eigenvalue weighted by atomic mass is 32.1. The third-order valence-corrected chi connectivity index (χ3v) is 4.31. The number of nitrogens with zero attached hydrogens (tertiary/aromatic N) is 1. The Morgan fingerprint density at radius 2 is 2.35 bits per heavy atom. The second-order valence-electron chi connectivity index (χ2n) is 4.98. The van der Waals surface area contributed by atoms with Crippen molar-refractivity contribution in [2.24, 2.45) is 5.73 Å². The highest BCUT2D eigenvalue weighted by Gasteiger charge is 2.28. The van der Waals surface area contributed by atoms with Crippen molar-refractivity contribution in [1.29, 1.82) is 0 Å². The van der Waals surface area contributed by atoms with E-state index in [9.17, 15) is 0 Å². The first-order valence-corrected chi connectivity index (χ1v) is 6.73. The van der Waals surface area contributed by atoms with Crippen molar-refractivity contribution in [1.82, 2.24) is 4.98 Å². The van der Waals surface area contributed by atoms with Crippen molar-refractivity contribution in [2.75, 3.05) is 13.7 Å². The van der Waals surface area contributed by atoms with E-state index >= 15 is 0 Å². The average molecular weight is 256 g/mol. The lowest BCUT2D eigenvalue weighted by Crippen LogP contribution is -2.28. The van der Waals surface area contributed by atoms with Crippen molar-refractivity contribution in [2.45, 2.75) is 44.9 Å². The van der Waals surface area contributed by atoms with Crippen LogP contribution in [0.4, 0.5) is 0 Å². The SMILES string of the molecule is COCc1nc(C2CCCO2)sc1C(C)(C)N. The zero-order valence-corrected chi connectivity index (χ0v) is 11.5. The zero-order valence-electron chi connectivity index (χ0n) is 10.7. The van der Waals surface area contributed by atoms with E-state index in [0.717, 1.165) is 35.0 Å². The third-order valence-electron chi connectivity index (χ3n) is 2.79. The standard InChI is InChI=1S/C12H20N2O2S/c1-12(2,13)10-8(7-15-3)14-11(17-10)9-5-4-6-16-9/h9H,4-7,13H2,1-3H3. The highest BCUT2D eigenvalue weighted by molar-refractivity contribution is 7.12. The van der Waals surface area contributed by atoms with Crippen LogP contribution in [-0.4, -0.2) is 18.7 Å². The van der Waals surface area contributed by atoms with Crippen LogP contribution < -0.4 is 5.73 Å². The minimum Gasteiger partial charge on any atom is -0.378 e. The lowest BCUT2D eigenvalue weighted by Gasteiger charge is -2.17. The normalized spacial score (nSPS) is 21.1. The maximum Gasteiger partial charge on any atom is 0.122 e. The van der Waals surface area contributed by atoms with Crippen molar-refractivity contribution < 1.29 is 9.47 Å². The van der Waals surface area contributed by atoms with Crippen LogP contribution in [0.1, 0.15) is 48.4 Å². The lowest BCUT2D eigenvalue weighted by atomic mass is 10.0. The molecule has 1 aromatic rings. The molecular formula is C12H20N2O2S. The van der Waals surface area contributed by atoms with Crippen LogP contribution in [0.15, 0.2) is 0 Å². The smallest absolute Gasteiger partial charge is 0.122 e. The van der Waals surface area contributed by atoms with Gasteiger partial charge in [0.15, 0.2) is 0 Å². The molecule has 1 atom stereocenters. The second-order valence-corrected chi connectivity index (χ2v) is 6.01. The number of thiazole rings is 1. The van der Waals surface area contributed by atoms with Gasteiger partial charge >= 0.3 is 0 Å². The van der Waals surface area contributed by atoms with Gasteiger partial charge in [-0.1, -0.05) is 0 Å². The van der Waals surface area contributed by atoms with Crippen molar-refractivity contribution in [3.05, 3.63) is 15.6 Å². The minimum atomic E-state index is -0.373. The Bertz CT molecular complexity index is 378. The average Bonchev–Trinajstić information content (AvgIpc) is 2.82. The number of ether oxygens (including phenoxy) is 2. The fourth-order valence-electron chi connectivity index (χ4n) is 2.02. The number of aromatic nitrogens is 1. The number of rotatable bonds is 4. The van der Waals surface area contributed by atoms with Crippen LogP contribution >= 0.6 is 11.3 Å². The van der Waals surface area contributed by atoms with E-state index in [1.54, 1.807) is 18.4 Å². The molecule has 1 unspecified atom stereocenters. The topological polar surface area (TPSA) is 57.4 Å². The molecule has 2 rings (SSSR count). The van der Waals surface area contributed by atoms with Crippen molar-refractivity contribution in [3.8, 4) is 0 Å². The molecule has 17 heavy (non-hydrogen) atoms. The van der Waals surface area contributed by atoms with Gasteiger partial charge in [0.25, 0.3) is 0 Å². The Kier molecular flexibility index (Phi) is 3.82. The quantitative estimate of drug-likeness (QED) is 0.898. The predicted molar refractivity (Wildman–Crippen MR) is 68.0 cm³/mol. The number of methoxy groups -OCH3 is 1. The summed E-state index contributed by atoms with van der Waals surface area (Å²) in [5.41, 5.74) is 6.76. The fourth-order valence-corrected chi connectivity index (χ4v) is 3.19. The summed E-state index contributed by atoms with van der Waals surface area (Å²) in [6.07, 6.45) is 2.34. The Morgan fingerprint density at radius 3 is 2.88 bits per heavy atom. The molecule has 0 bridgehead atoms. The van der Waals surface area contributed by atoms with E-state index in [2.05, 4.69) is 4.98 Å². The first-order chi connectivity index (χ1) is 8.02. The van der Waals surface area contributed by atoms with Crippen LogP contribution in [0.3, 0.4) is 0 Å². The molecule has 1 aliphatic rings. The monoisotopic (exact) mass is 256 g/mol. The van der Waals surface area contributed by atoms with Gasteiger partial charge in [-0.3, -0.25) is 0 Å². The van der Waals surface area contributed by atoms with Gasteiger partial charge in [0, 0.05) is 24.1 Å². The van der Waals surface area contributed by atoms with Gasteiger partial charge in [0.1, 0.15) is 11.1 Å². The predicted octanol–water partition coefficient (Wildman–Crippen LogP) is 2.33. The maximum absolute atomic E-state index is 6.17. The van der Waals surface area contributed by atoms with E-state index in [0.29, 0.717) is 6.61 Å². The lowest BCUT2D eigenvalue weighted by molar-refractivity contribution is 0.111. The molecule has 2 N–H and O–H groups in total. The molecule has 1 saturated heterocycles. The largest absolute Gasteiger partial charge is 0.378 e. The molecule has 2 heterocycles. The molecule has 4 nitrogen and oxygen atoms in total. The zero-order chi connectivity index (χ0) is 12.5. The molecule has 0 aromatic carbocycles. The summed E-state index contributed by atoms with van der Waals surface area (Å²) in [5.74, 6) is 0. The van der Waals surface area contributed by atoms with E-state index < -0.39 is 0 Å². The molecular weight excluding hydrogens is 236 g/mol. The molecule has 0 aliphatic carbocycles. The molecule has 0 saturated carbocycles. The Labute approximate surface area is 106 Å². The summed E-state index contributed by atoms with van der Waals surface area (Å²) in [6.45, 7) is 5.35. The number of nitrogens with two attached hydrogens (primary N) is 1. The molecule has 1 fully saturated rings. The second kappa shape index (κ2) is 5.02. The Morgan fingerprint density at radius 1 is 1.59 bits per heavy atom. The van der Waals surface area contributed by atoms with Gasteiger partial charge in [0.2, 0.25) is 0 Å². The highest BCUT2D eigenvalue weighted by Crippen LogP contribution is 2.36. The first kappa shape index (κ1) is 13.0. The molecule has 0 radical (unpaired) electrons. The number of hydrogen-bond acceptors (Lipinski definition) is 5. The van der Waals surface area contributed by atoms with Crippen molar-refractivity contribution in [3.63, 3.8) is 0 Å². The van der Waals surface area contributed by atoms with Gasteiger partial charge < -0.3 is 15.2 Å². The van der Waals surface area contributed by atoms with Crippen molar-refractivity contribution >= 4 is 11.3 Å². The van der Waals surface area contributed by atoms with Crippen LogP contribution in [0, 0.1) is 0 Å². The van der Waals surface area contributed by atoms with Crippen LogP contribution in [0.2, 0.25) is 0 Å². The van der Waals surface area contributed by atoms with Crippen LogP contribution in [-0.2, 0) is 21.6 Å². The van der Waals surface area contributed by atoms with Gasteiger partial charge in [-0.15, -0.1) is 11.3 Å². The number of hydrogen-bond donors (Lipinski definition) is 1. The molecule has 5 heteroatoms. The van der Waals surface area contributed by atoms with E-state index in [4.69, 9.17) is 15.2 Å². The van der Waals surface area contributed by atoms with E-state index in [1.165, 1.54) is 0 Å². The third kappa shape index (κ3) is 2.85. The summed E-state index contributed by atoms with van der Waals surface area (Å²) in [4.78, 5) is 5.74. The molecule has 0 spiro atoms. The summed E-state index contributed by atoms with van der Waals surface area (Å²) in [5, 5.41) is 1.04. The molecule has 96 valence electrons. The summed E-state index contributed by atoms with van der Waals surface area (Å²) in [7, 11) is 1.68. The van der Waals surface area contributed by atoms with Gasteiger partial charge in [-0.05, 0) is 26.7 Å². The van der Waals surface area contributed by atoms with Gasteiger partial charge in [0.05, 0.1) is 12.3 Å². The molecule has 1 aromatic heterocycles. The van der Waals surface area contributed by atoms with Gasteiger partial charge in [-0.2, -0.15) is 0 Å². The van der Waals surface area contributed by atoms with Gasteiger partial charge in [-0.25, -0.2) is 4.98 Å². The summed E-state index contributed by atoms with van der Waals surface area (Å²) >= 11 is 1.66. The van der Waals surface area contributed by atoms with Crippen LogP contribution in [0.5, 0.6) is 0 Å². The Hall–Kier alpha value is -0.490. The van der Waals surface area contributed by atoms with E-state index in [-0.39, 0.29) is 11.6 Å². The fraction of sp³-hybridized carbons (Fsp3) is 0.750. The molecule has 1 aliphatic heterocycles. The maximum atomic E-state index is 6.17. The minimum absolute atomic E-state index is 0.159. The summed E-state index contributed by atoms with van der Waals surface area (Å²) in [6, 6.07) is 0. The Balaban J connectivity index is 2.29. The summed E-state index contributed by atoms with van der Waals surface area (Å²) < 4.78 is 10.9. The van der Waals surface area contributed by atoms with Crippen LogP contribution in [0.25, 0.3) is 0 Å². The first-order valence-electron chi connectivity index (χ1n) is 5.92. The molecule has 0 amide bonds.